The third kappa shape index (κ3) is 4.22. The molecular formula is C9H12F3N3OS. The van der Waals surface area contributed by atoms with Crippen LogP contribution < -0.4 is 11.1 Å². The number of halogens is 3. The number of anilines is 2. The first-order valence-electron chi connectivity index (χ1n) is 4.67. The third-order valence-electron chi connectivity index (χ3n) is 1.93. The Bertz CT molecular complexity index is 422. The van der Waals surface area contributed by atoms with Crippen molar-refractivity contribution in [2.45, 2.75) is 6.18 Å². The molecule has 17 heavy (non-hydrogen) atoms. The van der Waals surface area contributed by atoms with Crippen molar-refractivity contribution in [3.63, 3.8) is 0 Å². The first-order valence-corrected chi connectivity index (χ1v) is 6.40. The molecule has 96 valence electrons. The highest BCUT2D eigenvalue weighted by Crippen LogP contribution is 2.30. The molecule has 1 aromatic rings. The summed E-state index contributed by atoms with van der Waals surface area (Å²) < 4.78 is 47.9. The largest absolute Gasteiger partial charge is 0.433 e. The van der Waals surface area contributed by atoms with Gasteiger partial charge in [-0.3, -0.25) is 4.21 Å². The van der Waals surface area contributed by atoms with E-state index in [9.17, 15) is 17.4 Å². The molecule has 1 rings (SSSR count). The summed E-state index contributed by atoms with van der Waals surface area (Å²) in [6.07, 6.45) is -2.04. The van der Waals surface area contributed by atoms with Crippen LogP contribution in [0, 0.1) is 0 Å². The van der Waals surface area contributed by atoms with Gasteiger partial charge in [-0.15, -0.1) is 0 Å². The van der Waals surface area contributed by atoms with Crippen LogP contribution in [0.25, 0.3) is 0 Å². The zero-order valence-corrected chi connectivity index (χ0v) is 9.86. The number of nitrogens with two attached hydrogens (primary N) is 1. The smallest absolute Gasteiger partial charge is 0.396 e. The van der Waals surface area contributed by atoms with Crippen LogP contribution in [-0.2, 0) is 17.0 Å². The molecule has 0 radical (unpaired) electrons. The number of aromatic nitrogens is 1. The summed E-state index contributed by atoms with van der Waals surface area (Å²) in [7, 11) is -1.01. The minimum absolute atomic E-state index is 0.125. The molecule has 0 spiro atoms. The second kappa shape index (κ2) is 5.35. The summed E-state index contributed by atoms with van der Waals surface area (Å²) in [5.74, 6) is 0.336. The predicted octanol–water partition coefficient (Wildman–Crippen LogP) is 1.47. The van der Waals surface area contributed by atoms with Crippen molar-refractivity contribution in [2.24, 2.45) is 0 Å². The summed E-state index contributed by atoms with van der Waals surface area (Å²) in [6, 6.07) is 0.841. The fourth-order valence-electron chi connectivity index (χ4n) is 1.10. The van der Waals surface area contributed by atoms with E-state index < -0.39 is 22.7 Å². The molecule has 1 heterocycles. The second-order valence-electron chi connectivity index (χ2n) is 3.36. The molecule has 1 unspecified atom stereocenters. The highest BCUT2D eigenvalue weighted by atomic mass is 32.2. The van der Waals surface area contributed by atoms with Crippen molar-refractivity contribution in [1.82, 2.24) is 4.98 Å². The molecule has 0 aliphatic carbocycles. The molecule has 0 bridgehead atoms. The fraction of sp³-hybridized carbons (Fsp3) is 0.444. The quantitative estimate of drug-likeness (QED) is 0.867. The van der Waals surface area contributed by atoms with Gasteiger partial charge in [0.25, 0.3) is 0 Å². The lowest BCUT2D eigenvalue weighted by atomic mass is 10.2. The summed E-state index contributed by atoms with van der Waals surface area (Å²) in [4.78, 5) is 3.20. The van der Waals surface area contributed by atoms with Gasteiger partial charge in [-0.05, 0) is 6.07 Å². The summed E-state index contributed by atoms with van der Waals surface area (Å²) in [5.41, 5.74) is 4.75. The summed E-state index contributed by atoms with van der Waals surface area (Å²) >= 11 is 0. The first kappa shape index (κ1) is 13.8. The number of nitrogens with zero attached hydrogens (tertiary/aromatic N) is 1. The Hall–Kier alpha value is -1.31. The first-order chi connectivity index (χ1) is 7.80. The van der Waals surface area contributed by atoms with Gasteiger partial charge in [-0.25, -0.2) is 4.98 Å². The van der Waals surface area contributed by atoms with Gasteiger partial charge in [-0.2, -0.15) is 13.2 Å². The van der Waals surface area contributed by atoms with Crippen LogP contribution in [0.4, 0.5) is 24.5 Å². The molecule has 3 N–H and O–H groups in total. The molecule has 8 heteroatoms. The molecular weight excluding hydrogens is 255 g/mol. The maximum absolute atomic E-state index is 12.4. The van der Waals surface area contributed by atoms with E-state index in [2.05, 4.69) is 10.3 Å². The van der Waals surface area contributed by atoms with Crippen LogP contribution in [0.15, 0.2) is 12.3 Å². The average molecular weight is 267 g/mol. The third-order valence-corrected chi connectivity index (χ3v) is 2.71. The Kier molecular flexibility index (Phi) is 4.33. The number of hydrogen-bond acceptors (Lipinski definition) is 4. The Morgan fingerprint density at radius 3 is 2.71 bits per heavy atom. The lowest BCUT2D eigenvalue weighted by molar-refractivity contribution is -0.141. The molecule has 4 nitrogen and oxygen atoms in total. The molecule has 0 aromatic carbocycles. The number of pyridine rings is 1. The van der Waals surface area contributed by atoms with Gasteiger partial charge in [0.1, 0.15) is 5.69 Å². The normalized spacial score (nSPS) is 13.4. The van der Waals surface area contributed by atoms with Crippen LogP contribution in [0.5, 0.6) is 0 Å². The van der Waals surface area contributed by atoms with E-state index in [1.54, 1.807) is 0 Å². The van der Waals surface area contributed by atoms with Gasteiger partial charge >= 0.3 is 6.18 Å². The van der Waals surface area contributed by atoms with Crippen molar-refractivity contribution >= 4 is 22.2 Å². The topological polar surface area (TPSA) is 68.0 Å². The highest BCUT2D eigenvalue weighted by Gasteiger charge is 2.32. The van der Waals surface area contributed by atoms with Gasteiger partial charge in [0.05, 0.1) is 17.6 Å². The Labute approximate surface area is 98.9 Å². The molecule has 0 saturated carbocycles. The highest BCUT2D eigenvalue weighted by molar-refractivity contribution is 7.84. The molecule has 1 atom stereocenters. The van der Waals surface area contributed by atoms with E-state index in [0.29, 0.717) is 5.75 Å². The monoisotopic (exact) mass is 267 g/mol. The number of nitrogen functional groups attached to an aromatic ring is 1. The van der Waals surface area contributed by atoms with E-state index in [1.165, 1.54) is 6.26 Å². The molecule has 0 amide bonds. The number of nitrogens with one attached hydrogen (secondary N) is 1. The average Bonchev–Trinajstić information content (AvgIpc) is 2.18. The zero-order chi connectivity index (χ0) is 13.1. The van der Waals surface area contributed by atoms with Crippen LogP contribution >= 0.6 is 0 Å². The Morgan fingerprint density at radius 2 is 2.18 bits per heavy atom. The van der Waals surface area contributed by atoms with Gasteiger partial charge in [0.2, 0.25) is 0 Å². The van der Waals surface area contributed by atoms with E-state index in [4.69, 9.17) is 5.73 Å². The van der Waals surface area contributed by atoms with Gasteiger partial charge in [0, 0.05) is 29.4 Å². The SMILES string of the molecule is CS(=O)CCNc1cc(C(F)(F)F)ncc1N. The van der Waals surface area contributed by atoms with Crippen molar-refractivity contribution in [3.8, 4) is 0 Å². The maximum Gasteiger partial charge on any atom is 0.433 e. The number of hydrogen-bond donors (Lipinski definition) is 2. The maximum atomic E-state index is 12.4. The lowest BCUT2D eigenvalue weighted by Gasteiger charge is -2.11. The Balaban J connectivity index is 2.80. The molecule has 0 aliphatic rings. The lowest BCUT2D eigenvalue weighted by Crippen LogP contribution is -2.14. The standard InChI is InChI=1S/C9H12F3N3OS/c1-17(16)3-2-14-7-4-8(9(10,11)12)15-5-6(7)13/h4-5H,2-3,13H2,1H3,(H,14,15). The van der Waals surface area contributed by atoms with E-state index in [0.717, 1.165) is 12.3 Å². The molecule has 1 aromatic heterocycles. The molecule has 0 aliphatic heterocycles. The number of alkyl halides is 3. The van der Waals surface area contributed by atoms with Crippen molar-refractivity contribution in [1.29, 1.82) is 0 Å². The summed E-state index contributed by atoms with van der Waals surface area (Å²) in [6.45, 7) is 0.286. The second-order valence-corrected chi connectivity index (χ2v) is 4.91. The van der Waals surface area contributed by atoms with Crippen molar-refractivity contribution in [2.75, 3.05) is 29.6 Å². The van der Waals surface area contributed by atoms with E-state index >= 15 is 0 Å². The van der Waals surface area contributed by atoms with E-state index in [1.807, 2.05) is 0 Å². The van der Waals surface area contributed by atoms with Gasteiger partial charge in [-0.1, -0.05) is 0 Å². The van der Waals surface area contributed by atoms with Crippen LogP contribution in [0.1, 0.15) is 5.69 Å². The van der Waals surface area contributed by atoms with Crippen molar-refractivity contribution < 1.29 is 17.4 Å². The van der Waals surface area contributed by atoms with Gasteiger partial charge in [0.15, 0.2) is 0 Å². The molecule has 0 saturated heterocycles. The van der Waals surface area contributed by atoms with Crippen LogP contribution in [0.3, 0.4) is 0 Å². The van der Waals surface area contributed by atoms with Crippen LogP contribution in [0.2, 0.25) is 0 Å². The number of rotatable bonds is 4. The van der Waals surface area contributed by atoms with E-state index in [-0.39, 0.29) is 17.9 Å². The zero-order valence-electron chi connectivity index (χ0n) is 9.04. The Morgan fingerprint density at radius 1 is 1.53 bits per heavy atom. The summed E-state index contributed by atoms with van der Waals surface area (Å²) in [5, 5.41) is 2.70. The minimum Gasteiger partial charge on any atom is -0.396 e. The van der Waals surface area contributed by atoms with Gasteiger partial charge < -0.3 is 11.1 Å². The molecule has 0 fully saturated rings. The minimum atomic E-state index is -4.50. The predicted molar refractivity (Wildman–Crippen MR) is 61.1 cm³/mol. The fourth-order valence-corrected chi connectivity index (χ4v) is 1.49. The van der Waals surface area contributed by atoms with Crippen LogP contribution in [-0.4, -0.2) is 27.7 Å². The van der Waals surface area contributed by atoms with Crippen molar-refractivity contribution in [3.05, 3.63) is 18.0 Å².